The van der Waals surface area contributed by atoms with E-state index in [2.05, 4.69) is 10.3 Å². The summed E-state index contributed by atoms with van der Waals surface area (Å²) in [5.74, 6) is 2.03. The Kier molecular flexibility index (Phi) is 3.52. The minimum absolute atomic E-state index is 0.0420. The largest absolute Gasteiger partial charge is 0.351 e. The number of rotatable bonds is 2. The maximum Gasteiger partial charge on any atom is 0.293 e. The van der Waals surface area contributed by atoms with Crippen molar-refractivity contribution in [3.05, 3.63) is 35.5 Å². The predicted molar refractivity (Wildman–Crippen MR) is 75.6 cm³/mol. The van der Waals surface area contributed by atoms with Crippen molar-refractivity contribution in [2.45, 2.75) is 13.0 Å². The zero-order valence-electron chi connectivity index (χ0n) is 11.4. The molecule has 20 heavy (non-hydrogen) atoms. The molecule has 3 rings (SSSR count). The van der Waals surface area contributed by atoms with Gasteiger partial charge in [0.25, 0.3) is 5.91 Å². The molecule has 106 valence electrons. The van der Waals surface area contributed by atoms with Crippen molar-refractivity contribution in [2.75, 3.05) is 18.1 Å². The van der Waals surface area contributed by atoms with Gasteiger partial charge in [0, 0.05) is 42.9 Å². The van der Waals surface area contributed by atoms with Crippen LogP contribution >= 0.6 is 11.8 Å². The Balaban J connectivity index is 1.87. The third-order valence-corrected chi connectivity index (χ3v) is 4.36. The molecule has 1 amide bonds. The molecule has 3 heterocycles. The van der Waals surface area contributed by atoms with Crippen molar-refractivity contribution >= 4 is 17.7 Å². The maximum absolute atomic E-state index is 12.6. The lowest BCUT2D eigenvalue weighted by atomic mass is 10.1. The molecule has 0 unspecified atom stereocenters. The summed E-state index contributed by atoms with van der Waals surface area (Å²) in [4.78, 5) is 14.4. The van der Waals surface area contributed by atoms with Gasteiger partial charge in [0.2, 0.25) is 5.76 Å². The standard InChI is InChI=1S/C13H16N4O2S/c1-9-5-12(19-15-9)13(18)17-3-4-20-8-11(17)10-6-14-16(2)7-10/h5-7,11H,3-4,8H2,1-2H3/t11-/m0/s1. The molecule has 2 aromatic heterocycles. The summed E-state index contributed by atoms with van der Waals surface area (Å²) >= 11 is 1.85. The fourth-order valence-electron chi connectivity index (χ4n) is 2.34. The second kappa shape index (κ2) is 5.32. The van der Waals surface area contributed by atoms with Gasteiger partial charge in [0.1, 0.15) is 0 Å². The van der Waals surface area contributed by atoms with Crippen molar-refractivity contribution in [1.82, 2.24) is 19.8 Å². The molecule has 6 nitrogen and oxygen atoms in total. The van der Waals surface area contributed by atoms with Gasteiger partial charge < -0.3 is 9.42 Å². The van der Waals surface area contributed by atoms with E-state index in [9.17, 15) is 4.79 Å². The van der Waals surface area contributed by atoms with Crippen LogP contribution in [0.15, 0.2) is 23.0 Å². The summed E-state index contributed by atoms with van der Waals surface area (Å²) in [6.07, 6.45) is 3.78. The quantitative estimate of drug-likeness (QED) is 0.842. The highest BCUT2D eigenvalue weighted by atomic mass is 32.2. The van der Waals surface area contributed by atoms with Crippen molar-refractivity contribution in [3.8, 4) is 0 Å². The molecule has 1 aliphatic heterocycles. The highest BCUT2D eigenvalue weighted by molar-refractivity contribution is 7.99. The molecule has 0 radical (unpaired) electrons. The summed E-state index contributed by atoms with van der Waals surface area (Å²) in [7, 11) is 1.88. The van der Waals surface area contributed by atoms with E-state index in [0.717, 1.165) is 22.8 Å². The number of carbonyl (C=O) groups is 1. The Bertz CT molecular complexity index is 621. The number of hydrogen-bond donors (Lipinski definition) is 0. The molecule has 1 aliphatic rings. The number of carbonyl (C=O) groups excluding carboxylic acids is 1. The second-order valence-electron chi connectivity index (χ2n) is 4.87. The van der Waals surface area contributed by atoms with Crippen LogP contribution in [-0.2, 0) is 7.05 Å². The maximum atomic E-state index is 12.6. The molecule has 2 aromatic rings. The van der Waals surface area contributed by atoms with Gasteiger partial charge in [-0.25, -0.2) is 0 Å². The lowest BCUT2D eigenvalue weighted by Gasteiger charge is -2.34. The fraction of sp³-hybridized carbons (Fsp3) is 0.462. The third kappa shape index (κ3) is 2.45. The van der Waals surface area contributed by atoms with E-state index in [1.165, 1.54) is 0 Å². The highest BCUT2D eigenvalue weighted by Gasteiger charge is 2.31. The number of amides is 1. The number of nitrogens with zero attached hydrogens (tertiary/aromatic N) is 4. The smallest absolute Gasteiger partial charge is 0.293 e. The minimum atomic E-state index is -0.0975. The molecule has 0 N–H and O–H groups in total. The van der Waals surface area contributed by atoms with Crippen molar-refractivity contribution in [2.24, 2.45) is 7.05 Å². The van der Waals surface area contributed by atoms with Gasteiger partial charge in [-0.05, 0) is 6.92 Å². The zero-order valence-corrected chi connectivity index (χ0v) is 12.3. The van der Waals surface area contributed by atoms with Crippen molar-refractivity contribution in [3.63, 3.8) is 0 Å². The normalized spacial score (nSPS) is 19.3. The van der Waals surface area contributed by atoms with Gasteiger partial charge in [-0.3, -0.25) is 9.48 Å². The molecule has 0 saturated carbocycles. The second-order valence-corrected chi connectivity index (χ2v) is 6.02. The Hall–Kier alpha value is -1.76. The first-order valence-corrected chi connectivity index (χ1v) is 7.61. The van der Waals surface area contributed by atoms with E-state index in [0.29, 0.717) is 12.3 Å². The number of hydrogen-bond acceptors (Lipinski definition) is 5. The molecule has 1 fully saturated rings. The molecule has 1 saturated heterocycles. The van der Waals surface area contributed by atoms with E-state index in [1.807, 2.05) is 43.0 Å². The van der Waals surface area contributed by atoms with Crippen LogP contribution in [0.3, 0.4) is 0 Å². The van der Waals surface area contributed by atoms with E-state index < -0.39 is 0 Å². The van der Waals surface area contributed by atoms with E-state index in [1.54, 1.807) is 10.7 Å². The van der Waals surface area contributed by atoms with Crippen LogP contribution in [0.5, 0.6) is 0 Å². The van der Waals surface area contributed by atoms with E-state index >= 15 is 0 Å². The molecule has 0 aromatic carbocycles. The molecule has 0 bridgehead atoms. The number of thioether (sulfide) groups is 1. The summed E-state index contributed by atoms with van der Waals surface area (Å²) in [6, 6.07) is 1.73. The van der Waals surface area contributed by atoms with Gasteiger partial charge >= 0.3 is 0 Å². The van der Waals surface area contributed by atoms with Crippen LogP contribution in [-0.4, -0.2) is 43.8 Å². The van der Waals surface area contributed by atoms with Crippen LogP contribution in [0.1, 0.15) is 27.9 Å². The van der Waals surface area contributed by atoms with Crippen LogP contribution < -0.4 is 0 Å². The average Bonchev–Trinajstić information content (AvgIpc) is 3.07. The Morgan fingerprint density at radius 1 is 1.55 bits per heavy atom. The van der Waals surface area contributed by atoms with Gasteiger partial charge in [0.15, 0.2) is 0 Å². The first kappa shape index (κ1) is 13.2. The van der Waals surface area contributed by atoms with Crippen LogP contribution in [0.2, 0.25) is 0 Å². The molecular weight excluding hydrogens is 276 g/mol. The first-order valence-electron chi connectivity index (χ1n) is 6.46. The zero-order chi connectivity index (χ0) is 14.1. The van der Waals surface area contributed by atoms with E-state index in [4.69, 9.17) is 4.52 Å². The summed E-state index contributed by atoms with van der Waals surface area (Å²) in [6.45, 7) is 2.52. The van der Waals surface area contributed by atoms with Gasteiger partial charge in [0.05, 0.1) is 17.9 Å². The Labute approximate surface area is 121 Å². The van der Waals surface area contributed by atoms with Gasteiger partial charge in [-0.1, -0.05) is 5.16 Å². The summed E-state index contributed by atoms with van der Waals surface area (Å²) < 4.78 is 6.86. The monoisotopic (exact) mass is 292 g/mol. The minimum Gasteiger partial charge on any atom is -0.351 e. The summed E-state index contributed by atoms with van der Waals surface area (Å²) in [5.41, 5.74) is 1.78. The molecule has 7 heteroatoms. The SMILES string of the molecule is Cc1cc(C(=O)N2CCSC[C@H]2c2cnn(C)c2)on1. The number of aromatic nitrogens is 3. The van der Waals surface area contributed by atoms with Crippen molar-refractivity contribution in [1.29, 1.82) is 0 Å². The molecule has 1 atom stereocenters. The molecular formula is C13H16N4O2S. The predicted octanol–water partition coefficient (Wildman–Crippen LogP) is 1.65. The first-order chi connectivity index (χ1) is 9.65. The van der Waals surface area contributed by atoms with E-state index in [-0.39, 0.29) is 11.9 Å². The Morgan fingerprint density at radius 2 is 2.40 bits per heavy atom. The summed E-state index contributed by atoms with van der Waals surface area (Å²) in [5, 5.41) is 7.99. The molecule has 0 spiro atoms. The van der Waals surface area contributed by atoms with Crippen LogP contribution in [0, 0.1) is 6.92 Å². The topological polar surface area (TPSA) is 64.2 Å². The van der Waals surface area contributed by atoms with Gasteiger partial charge in [-0.15, -0.1) is 0 Å². The van der Waals surface area contributed by atoms with Gasteiger partial charge in [-0.2, -0.15) is 16.9 Å². The molecule has 0 aliphatic carbocycles. The van der Waals surface area contributed by atoms with Crippen molar-refractivity contribution < 1.29 is 9.32 Å². The Morgan fingerprint density at radius 3 is 3.05 bits per heavy atom. The van der Waals surface area contributed by atoms with Crippen LogP contribution in [0.4, 0.5) is 0 Å². The lowest BCUT2D eigenvalue weighted by Crippen LogP contribution is -2.40. The lowest BCUT2D eigenvalue weighted by molar-refractivity contribution is 0.0658. The third-order valence-electron chi connectivity index (χ3n) is 3.34. The highest BCUT2D eigenvalue weighted by Crippen LogP contribution is 2.30. The fourth-order valence-corrected chi connectivity index (χ4v) is 3.43. The van der Waals surface area contributed by atoms with Crippen LogP contribution in [0.25, 0.3) is 0 Å². The number of aryl methyl sites for hydroxylation is 2. The average molecular weight is 292 g/mol.